The van der Waals surface area contributed by atoms with Gasteiger partial charge in [-0.3, -0.25) is 10.1 Å². The number of hydrogen-bond acceptors (Lipinski definition) is 5. The molecule has 1 saturated heterocycles. The number of fused-ring (bicyclic) bond motifs is 5. The van der Waals surface area contributed by atoms with E-state index in [0.717, 1.165) is 44.3 Å². The molecule has 188 valence electrons. The molecule has 0 aromatic rings. The van der Waals surface area contributed by atoms with Crippen molar-refractivity contribution in [2.45, 2.75) is 95.1 Å². The van der Waals surface area contributed by atoms with Gasteiger partial charge in [-0.25, -0.2) is 0 Å². The highest BCUT2D eigenvalue weighted by Crippen LogP contribution is 2.68. The lowest BCUT2D eigenvalue weighted by molar-refractivity contribution is -0.145. The van der Waals surface area contributed by atoms with E-state index in [1.807, 2.05) is 18.7 Å². The maximum absolute atomic E-state index is 12.3. The third kappa shape index (κ3) is 3.78. The fourth-order valence-electron chi connectivity index (χ4n) is 8.37. The summed E-state index contributed by atoms with van der Waals surface area (Å²) in [5, 5.41) is 15.3. The lowest BCUT2D eigenvalue weighted by Crippen LogP contribution is -2.56. The van der Waals surface area contributed by atoms with Gasteiger partial charge in [-0.15, -0.1) is 23.4 Å². The van der Waals surface area contributed by atoms with Gasteiger partial charge in [0, 0.05) is 23.5 Å². The number of aliphatic hydroxyl groups is 1. The van der Waals surface area contributed by atoms with Crippen molar-refractivity contribution in [2.75, 3.05) is 18.2 Å². The second-order valence-corrected chi connectivity index (χ2v) is 13.6. The Morgan fingerprint density at radius 1 is 1.26 bits per heavy atom. The first-order chi connectivity index (χ1) is 16.2. The fourth-order valence-corrected chi connectivity index (χ4v) is 9.90. The van der Waals surface area contributed by atoms with E-state index in [1.165, 1.54) is 12.8 Å². The van der Waals surface area contributed by atoms with Crippen molar-refractivity contribution in [3.8, 4) is 11.8 Å². The molecule has 2 N–H and O–H groups in total. The third-order valence-corrected chi connectivity index (χ3v) is 12.1. The minimum atomic E-state index is -0.872. The van der Waals surface area contributed by atoms with Crippen LogP contribution in [0.1, 0.15) is 78.6 Å². The van der Waals surface area contributed by atoms with Crippen molar-refractivity contribution in [3.63, 3.8) is 0 Å². The predicted octanol–water partition coefficient (Wildman–Crippen LogP) is 5.28. The maximum atomic E-state index is 12.3. The lowest BCUT2D eigenvalue weighted by atomic mass is 9.47. The maximum Gasteiger partial charge on any atom is 0.324 e. The molecule has 0 bridgehead atoms. The number of carbonyl (C=O) groups excluding carboxylic acids is 1. The van der Waals surface area contributed by atoms with Gasteiger partial charge in [0.2, 0.25) is 0 Å². The van der Waals surface area contributed by atoms with Crippen LogP contribution in [0.15, 0.2) is 11.6 Å². The summed E-state index contributed by atoms with van der Waals surface area (Å²) in [4.78, 5) is 12.3. The summed E-state index contributed by atoms with van der Waals surface area (Å²) in [6, 6.07) is -0.183. The SMILES string of the molecule is CCOC(=O)C1CSC2(CC[C@@]3(C)C(=CCC4C3CC[C@@]3(C)C4CCC3(O)C#CCCCl)C2)N1. The summed E-state index contributed by atoms with van der Waals surface area (Å²) >= 11 is 7.76. The van der Waals surface area contributed by atoms with Gasteiger partial charge < -0.3 is 9.84 Å². The van der Waals surface area contributed by atoms with E-state index in [2.05, 4.69) is 37.1 Å². The number of thioether (sulfide) groups is 1. The summed E-state index contributed by atoms with van der Waals surface area (Å²) in [5.74, 6) is 9.48. The number of hydrogen-bond donors (Lipinski definition) is 2. The normalized spacial score (nSPS) is 47.1. The van der Waals surface area contributed by atoms with Gasteiger partial charge in [0.15, 0.2) is 0 Å². The number of ether oxygens (including phenoxy) is 1. The van der Waals surface area contributed by atoms with Crippen molar-refractivity contribution in [1.82, 2.24) is 5.32 Å². The molecule has 5 aliphatic rings. The summed E-state index contributed by atoms with van der Waals surface area (Å²) in [7, 11) is 0. The molecular weight excluding hydrogens is 466 g/mol. The highest BCUT2D eigenvalue weighted by molar-refractivity contribution is 8.01. The van der Waals surface area contributed by atoms with Crippen LogP contribution in [0.25, 0.3) is 0 Å². The topological polar surface area (TPSA) is 58.6 Å². The van der Waals surface area contributed by atoms with Crippen LogP contribution in [0.4, 0.5) is 0 Å². The Bertz CT molecular complexity index is 928. The highest BCUT2D eigenvalue weighted by atomic mass is 35.5. The van der Waals surface area contributed by atoms with Gasteiger partial charge in [-0.05, 0) is 81.5 Å². The smallest absolute Gasteiger partial charge is 0.324 e. The first-order valence-corrected chi connectivity index (χ1v) is 14.8. The van der Waals surface area contributed by atoms with E-state index in [9.17, 15) is 9.90 Å². The average Bonchev–Trinajstić information content (AvgIpc) is 3.34. The van der Waals surface area contributed by atoms with Gasteiger partial charge >= 0.3 is 5.97 Å². The minimum absolute atomic E-state index is 0.0234. The zero-order valence-electron chi connectivity index (χ0n) is 20.9. The van der Waals surface area contributed by atoms with E-state index < -0.39 is 5.60 Å². The minimum Gasteiger partial charge on any atom is -0.465 e. The van der Waals surface area contributed by atoms with Gasteiger partial charge in [0.25, 0.3) is 0 Å². The van der Waals surface area contributed by atoms with Crippen LogP contribution in [0.5, 0.6) is 0 Å². The molecule has 0 aromatic heterocycles. The monoisotopic (exact) mass is 505 g/mol. The molecule has 5 rings (SSSR count). The molecule has 0 amide bonds. The standard InChI is InChI=1S/C28H40ClNO3S/c1-4-33-24(31)23-18-34-28(30-23)15-14-25(2)19(17-28)7-8-20-21(25)9-12-26(3)22(20)10-13-27(26,32)11-5-6-16-29/h7,20-23,30,32H,4,6,8-10,12-18H2,1-3H3/t20?,21?,22?,23?,25-,26-,27?,28?/m0/s1. The molecule has 1 aliphatic heterocycles. The quantitative estimate of drug-likeness (QED) is 0.236. The van der Waals surface area contributed by atoms with Crippen LogP contribution >= 0.6 is 23.4 Å². The van der Waals surface area contributed by atoms with Gasteiger partial charge in [-0.2, -0.15) is 0 Å². The Morgan fingerprint density at radius 3 is 2.82 bits per heavy atom. The van der Waals surface area contributed by atoms with Crippen LogP contribution in [-0.4, -0.2) is 45.8 Å². The molecular formula is C28H40ClNO3S. The molecule has 3 saturated carbocycles. The average molecular weight is 506 g/mol. The molecule has 0 radical (unpaired) electrons. The Morgan fingerprint density at radius 2 is 2.06 bits per heavy atom. The van der Waals surface area contributed by atoms with E-state index in [0.29, 0.717) is 36.7 Å². The Kier molecular flexibility index (Phi) is 6.63. The van der Waals surface area contributed by atoms with Crippen molar-refractivity contribution in [2.24, 2.45) is 28.6 Å². The van der Waals surface area contributed by atoms with Crippen LogP contribution in [0, 0.1) is 40.4 Å². The predicted molar refractivity (Wildman–Crippen MR) is 139 cm³/mol. The summed E-state index contributed by atoms with van der Waals surface area (Å²) in [5.41, 5.74) is 0.831. The van der Waals surface area contributed by atoms with Crippen LogP contribution in [0.3, 0.4) is 0 Å². The van der Waals surface area contributed by atoms with E-state index in [1.54, 1.807) is 5.57 Å². The molecule has 6 unspecified atom stereocenters. The van der Waals surface area contributed by atoms with Gasteiger partial charge in [0.05, 0.1) is 11.5 Å². The summed E-state index contributed by atoms with van der Waals surface area (Å²) in [6.45, 7) is 7.13. The fraction of sp³-hybridized carbons (Fsp3) is 0.821. The number of rotatable bonds is 3. The van der Waals surface area contributed by atoms with Crippen LogP contribution in [-0.2, 0) is 9.53 Å². The molecule has 6 heteroatoms. The molecule has 4 aliphatic carbocycles. The van der Waals surface area contributed by atoms with Crippen molar-refractivity contribution < 1.29 is 14.6 Å². The van der Waals surface area contributed by atoms with E-state index in [4.69, 9.17) is 16.3 Å². The van der Waals surface area contributed by atoms with Crippen molar-refractivity contribution >= 4 is 29.3 Å². The van der Waals surface area contributed by atoms with E-state index >= 15 is 0 Å². The lowest BCUT2D eigenvalue weighted by Gasteiger charge is -2.59. The van der Waals surface area contributed by atoms with Crippen molar-refractivity contribution in [3.05, 3.63) is 11.6 Å². The number of allylic oxidation sites excluding steroid dienone is 1. The number of carbonyl (C=O) groups is 1. The van der Waals surface area contributed by atoms with Crippen LogP contribution < -0.4 is 5.32 Å². The zero-order chi connectivity index (χ0) is 24.2. The number of alkyl halides is 1. The first-order valence-electron chi connectivity index (χ1n) is 13.3. The molecule has 8 atom stereocenters. The van der Waals surface area contributed by atoms with Crippen LogP contribution in [0.2, 0.25) is 0 Å². The zero-order valence-corrected chi connectivity index (χ0v) is 22.5. The number of nitrogens with one attached hydrogen (secondary N) is 1. The number of esters is 1. The largest absolute Gasteiger partial charge is 0.465 e. The van der Waals surface area contributed by atoms with Crippen molar-refractivity contribution in [1.29, 1.82) is 0 Å². The third-order valence-electron chi connectivity index (χ3n) is 10.4. The molecule has 34 heavy (non-hydrogen) atoms. The Balaban J connectivity index is 1.35. The summed E-state index contributed by atoms with van der Waals surface area (Å²) in [6.07, 6.45) is 11.7. The second-order valence-electron chi connectivity index (χ2n) is 11.8. The molecule has 1 spiro atoms. The first kappa shape index (κ1) is 25.0. The van der Waals surface area contributed by atoms with E-state index in [-0.39, 0.29) is 27.7 Å². The number of halogens is 1. The second kappa shape index (κ2) is 9.02. The summed E-state index contributed by atoms with van der Waals surface area (Å²) < 4.78 is 5.29. The van der Waals surface area contributed by atoms with Gasteiger partial charge in [-0.1, -0.05) is 37.3 Å². The molecule has 0 aromatic carbocycles. The Labute approximate surface area is 214 Å². The van der Waals surface area contributed by atoms with Gasteiger partial charge in [0.1, 0.15) is 11.6 Å². The Hall–Kier alpha value is -0.670. The molecule has 4 fully saturated rings. The molecule has 1 heterocycles. The molecule has 4 nitrogen and oxygen atoms in total. The highest BCUT2D eigenvalue weighted by Gasteiger charge is 2.64.